The van der Waals surface area contributed by atoms with Gasteiger partial charge >= 0.3 is 0 Å². The number of anilines is 1. The standard InChI is InChI=1S/C29H33N3O6S2/c33-29(30-18-17-23-9-13-26(14-10-23)39(34,35)31-19-3-4-20-31)22-38-25-11-15-27(16-12-25)40(36,37)32-21-5-7-24-6-1-2-8-28(24)32/h1-2,6,8-16H,3-5,7,17-22H2,(H,30,33). The third-order valence-corrected chi connectivity index (χ3v) is 11.0. The number of sulfonamides is 2. The number of fused-ring (bicyclic) bond motifs is 1. The van der Waals surface area contributed by atoms with Crippen molar-refractivity contribution in [2.24, 2.45) is 0 Å². The van der Waals surface area contributed by atoms with E-state index in [1.165, 1.54) is 20.7 Å². The molecule has 1 saturated heterocycles. The monoisotopic (exact) mass is 583 g/mol. The first-order chi connectivity index (χ1) is 19.2. The van der Waals surface area contributed by atoms with E-state index in [0.717, 1.165) is 36.8 Å². The second-order valence-electron chi connectivity index (χ2n) is 9.92. The zero-order chi connectivity index (χ0) is 28.2. The molecule has 3 aromatic carbocycles. The van der Waals surface area contributed by atoms with Crippen LogP contribution < -0.4 is 14.4 Å². The highest BCUT2D eigenvalue weighted by Crippen LogP contribution is 2.32. The Morgan fingerprint density at radius 2 is 1.43 bits per heavy atom. The maximum Gasteiger partial charge on any atom is 0.264 e. The number of rotatable bonds is 10. The number of nitrogens with zero attached hydrogens (tertiary/aromatic N) is 2. The molecule has 0 spiro atoms. The van der Waals surface area contributed by atoms with E-state index < -0.39 is 20.0 Å². The number of hydrogen-bond acceptors (Lipinski definition) is 6. The molecule has 0 unspecified atom stereocenters. The predicted molar refractivity (Wildman–Crippen MR) is 152 cm³/mol. The van der Waals surface area contributed by atoms with E-state index in [4.69, 9.17) is 4.74 Å². The lowest BCUT2D eigenvalue weighted by Crippen LogP contribution is -2.35. The van der Waals surface area contributed by atoms with Crippen LogP contribution in [0.1, 0.15) is 30.4 Å². The first-order valence-corrected chi connectivity index (χ1v) is 16.3. The fourth-order valence-electron chi connectivity index (χ4n) is 5.04. The Kier molecular flexibility index (Phi) is 8.43. The van der Waals surface area contributed by atoms with Gasteiger partial charge in [0, 0.05) is 26.2 Å². The van der Waals surface area contributed by atoms with Gasteiger partial charge in [-0.25, -0.2) is 16.8 Å². The van der Waals surface area contributed by atoms with Crippen LogP contribution in [0.3, 0.4) is 0 Å². The van der Waals surface area contributed by atoms with Gasteiger partial charge in [0.05, 0.1) is 15.5 Å². The lowest BCUT2D eigenvalue weighted by Gasteiger charge is -2.30. The minimum Gasteiger partial charge on any atom is -0.484 e. The molecule has 0 atom stereocenters. The van der Waals surface area contributed by atoms with Crippen molar-refractivity contribution in [3.05, 3.63) is 83.9 Å². The summed E-state index contributed by atoms with van der Waals surface area (Å²) < 4.78 is 60.4. The first kappa shape index (κ1) is 28.1. The molecule has 0 aromatic heterocycles. The largest absolute Gasteiger partial charge is 0.484 e. The summed E-state index contributed by atoms with van der Waals surface area (Å²) in [5, 5.41) is 2.79. The number of carbonyl (C=O) groups is 1. The van der Waals surface area contributed by atoms with Crippen molar-refractivity contribution in [2.75, 3.05) is 37.1 Å². The van der Waals surface area contributed by atoms with Gasteiger partial charge in [0.1, 0.15) is 5.75 Å². The molecular formula is C29H33N3O6S2. The Bertz CT molecular complexity index is 1550. The maximum absolute atomic E-state index is 13.3. The van der Waals surface area contributed by atoms with Crippen molar-refractivity contribution < 1.29 is 26.4 Å². The molecule has 0 radical (unpaired) electrons. The van der Waals surface area contributed by atoms with Gasteiger partial charge in [0.15, 0.2) is 6.61 Å². The number of carbonyl (C=O) groups excluding carboxylic acids is 1. The summed E-state index contributed by atoms with van der Waals surface area (Å²) in [6.45, 7) is 1.72. The van der Waals surface area contributed by atoms with Crippen LogP contribution in [-0.2, 0) is 37.7 Å². The van der Waals surface area contributed by atoms with Crippen molar-refractivity contribution in [1.29, 1.82) is 0 Å². The number of hydrogen-bond donors (Lipinski definition) is 1. The maximum atomic E-state index is 13.3. The first-order valence-electron chi connectivity index (χ1n) is 13.4. The normalized spacial score (nSPS) is 15.9. The van der Waals surface area contributed by atoms with Crippen molar-refractivity contribution in [2.45, 2.75) is 41.9 Å². The highest BCUT2D eigenvalue weighted by Gasteiger charge is 2.29. The number of nitrogens with one attached hydrogen (secondary N) is 1. The van der Waals surface area contributed by atoms with Gasteiger partial charge in [-0.1, -0.05) is 30.3 Å². The average Bonchev–Trinajstić information content (AvgIpc) is 3.53. The molecule has 9 nitrogen and oxygen atoms in total. The van der Waals surface area contributed by atoms with Crippen molar-refractivity contribution >= 4 is 31.6 Å². The van der Waals surface area contributed by atoms with Crippen LogP contribution in [0.4, 0.5) is 5.69 Å². The molecular weight excluding hydrogens is 550 g/mol. The Morgan fingerprint density at radius 3 is 2.15 bits per heavy atom. The molecule has 3 aromatic rings. The molecule has 1 fully saturated rings. The van der Waals surface area contributed by atoms with E-state index in [0.29, 0.717) is 44.0 Å². The molecule has 1 amide bonds. The molecule has 1 N–H and O–H groups in total. The van der Waals surface area contributed by atoms with Crippen LogP contribution in [-0.4, -0.2) is 59.8 Å². The number of aryl methyl sites for hydroxylation is 1. The Balaban J connectivity index is 1.09. The Morgan fingerprint density at radius 1 is 0.775 bits per heavy atom. The second-order valence-corrected chi connectivity index (χ2v) is 13.7. The van der Waals surface area contributed by atoms with Gasteiger partial charge in [0.25, 0.3) is 15.9 Å². The summed E-state index contributed by atoms with van der Waals surface area (Å²) in [5.41, 5.74) is 2.65. The molecule has 5 rings (SSSR count). The molecule has 0 saturated carbocycles. The summed E-state index contributed by atoms with van der Waals surface area (Å²) >= 11 is 0. The molecule has 2 heterocycles. The number of para-hydroxylation sites is 1. The highest BCUT2D eigenvalue weighted by molar-refractivity contribution is 7.92. The minimum atomic E-state index is -3.71. The van der Waals surface area contributed by atoms with Crippen LogP contribution in [0, 0.1) is 0 Å². The summed E-state index contributed by atoms with van der Waals surface area (Å²) in [7, 11) is -7.16. The molecule has 0 aliphatic carbocycles. The van der Waals surface area contributed by atoms with Crippen molar-refractivity contribution in [1.82, 2.24) is 9.62 Å². The fourth-order valence-corrected chi connectivity index (χ4v) is 8.09. The van der Waals surface area contributed by atoms with Crippen LogP contribution in [0.5, 0.6) is 5.75 Å². The topological polar surface area (TPSA) is 113 Å². The molecule has 2 aliphatic heterocycles. The highest BCUT2D eigenvalue weighted by atomic mass is 32.2. The van der Waals surface area contributed by atoms with Crippen LogP contribution in [0.2, 0.25) is 0 Å². The number of amides is 1. The van der Waals surface area contributed by atoms with Gasteiger partial charge < -0.3 is 10.1 Å². The second kappa shape index (κ2) is 12.0. The summed E-state index contributed by atoms with van der Waals surface area (Å²) in [5.74, 6) is 0.0813. The summed E-state index contributed by atoms with van der Waals surface area (Å²) in [4.78, 5) is 12.7. The zero-order valence-electron chi connectivity index (χ0n) is 22.2. The van der Waals surface area contributed by atoms with Gasteiger partial charge in [-0.05, 0) is 85.7 Å². The van der Waals surface area contributed by atoms with Crippen LogP contribution >= 0.6 is 0 Å². The van der Waals surface area contributed by atoms with Crippen LogP contribution in [0.15, 0.2) is 82.6 Å². The van der Waals surface area contributed by atoms with Gasteiger partial charge in [-0.3, -0.25) is 9.10 Å². The lowest BCUT2D eigenvalue weighted by atomic mass is 10.0. The molecule has 212 valence electrons. The van der Waals surface area contributed by atoms with E-state index in [9.17, 15) is 21.6 Å². The van der Waals surface area contributed by atoms with Gasteiger partial charge in [0.2, 0.25) is 10.0 Å². The molecule has 11 heteroatoms. The third-order valence-electron chi connectivity index (χ3n) is 7.21. The van der Waals surface area contributed by atoms with E-state index >= 15 is 0 Å². The molecule has 40 heavy (non-hydrogen) atoms. The minimum absolute atomic E-state index is 0.167. The van der Waals surface area contributed by atoms with Gasteiger partial charge in [-0.15, -0.1) is 0 Å². The Labute approximate surface area is 235 Å². The molecule has 2 aliphatic rings. The van der Waals surface area contributed by atoms with Gasteiger partial charge in [-0.2, -0.15) is 4.31 Å². The van der Waals surface area contributed by atoms with E-state index in [-0.39, 0.29) is 22.3 Å². The number of benzene rings is 3. The fraction of sp³-hybridized carbons (Fsp3) is 0.345. The zero-order valence-corrected chi connectivity index (χ0v) is 23.8. The number of ether oxygens (including phenoxy) is 1. The van der Waals surface area contributed by atoms with E-state index in [1.54, 1.807) is 36.4 Å². The summed E-state index contributed by atoms with van der Waals surface area (Å²) in [6.07, 6.45) is 3.94. The smallest absolute Gasteiger partial charge is 0.264 e. The van der Waals surface area contributed by atoms with Crippen LogP contribution in [0.25, 0.3) is 0 Å². The predicted octanol–water partition coefficient (Wildman–Crippen LogP) is 3.35. The molecule has 0 bridgehead atoms. The third kappa shape index (κ3) is 6.16. The van der Waals surface area contributed by atoms with E-state index in [2.05, 4.69) is 5.32 Å². The van der Waals surface area contributed by atoms with E-state index in [1.807, 2.05) is 24.3 Å². The Hall–Kier alpha value is -3.41. The van der Waals surface area contributed by atoms with Crippen molar-refractivity contribution in [3.63, 3.8) is 0 Å². The van der Waals surface area contributed by atoms with Crippen molar-refractivity contribution in [3.8, 4) is 5.75 Å². The lowest BCUT2D eigenvalue weighted by molar-refractivity contribution is -0.123. The quantitative estimate of drug-likeness (QED) is 0.392. The SMILES string of the molecule is O=C(COc1ccc(S(=O)(=O)N2CCCc3ccccc32)cc1)NCCc1ccc(S(=O)(=O)N2CCCC2)cc1. The summed E-state index contributed by atoms with van der Waals surface area (Å²) in [6, 6.07) is 20.4. The average molecular weight is 584 g/mol.